The number of terminal acetylenes is 1. The molecule has 0 saturated heterocycles. The SMILES string of the molecule is C#Cc1nc(NCc2ccc(OC)cc2)nc2c1cnn2C. The molecule has 0 aliphatic carbocycles. The zero-order valence-corrected chi connectivity index (χ0v) is 12.4. The summed E-state index contributed by atoms with van der Waals surface area (Å²) in [6, 6.07) is 7.79. The molecule has 1 aromatic carbocycles. The van der Waals surface area contributed by atoms with Crippen LogP contribution in [0.5, 0.6) is 5.75 Å². The number of hydrogen-bond acceptors (Lipinski definition) is 5. The lowest BCUT2D eigenvalue weighted by molar-refractivity contribution is 0.414. The van der Waals surface area contributed by atoms with E-state index < -0.39 is 0 Å². The Morgan fingerprint density at radius 2 is 2.05 bits per heavy atom. The van der Waals surface area contributed by atoms with Gasteiger partial charge in [-0.1, -0.05) is 12.1 Å². The lowest BCUT2D eigenvalue weighted by atomic mass is 10.2. The summed E-state index contributed by atoms with van der Waals surface area (Å²) >= 11 is 0. The van der Waals surface area contributed by atoms with Gasteiger partial charge >= 0.3 is 0 Å². The molecular formula is C16H15N5O. The van der Waals surface area contributed by atoms with Crippen molar-refractivity contribution >= 4 is 17.0 Å². The Labute approximate surface area is 128 Å². The second-order valence-electron chi connectivity index (χ2n) is 4.75. The monoisotopic (exact) mass is 293 g/mol. The van der Waals surface area contributed by atoms with Crippen LogP contribution >= 0.6 is 0 Å². The quantitative estimate of drug-likeness (QED) is 0.745. The molecule has 2 heterocycles. The number of nitrogens with one attached hydrogen (secondary N) is 1. The maximum absolute atomic E-state index is 5.51. The van der Waals surface area contributed by atoms with Crippen LogP contribution < -0.4 is 10.1 Å². The van der Waals surface area contributed by atoms with E-state index in [9.17, 15) is 0 Å². The van der Waals surface area contributed by atoms with Crippen molar-refractivity contribution in [2.24, 2.45) is 7.05 Å². The number of nitrogens with zero attached hydrogens (tertiary/aromatic N) is 4. The highest BCUT2D eigenvalue weighted by Gasteiger charge is 2.09. The molecule has 0 spiro atoms. The van der Waals surface area contributed by atoms with Crippen molar-refractivity contribution in [3.8, 4) is 18.1 Å². The van der Waals surface area contributed by atoms with Crippen molar-refractivity contribution in [2.75, 3.05) is 12.4 Å². The van der Waals surface area contributed by atoms with Gasteiger partial charge in [0, 0.05) is 13.6 Å². The number of rotatable bonds is 4. The first kappa shape index (κ1) is 13.9. The molecule has 6 nitrogen and oxygen atoms in total. The van der Waals surface area contributed by atoms with Crippen LogP contribution in [0.2, 0.25) is 0 Å². The van der Waals surface area contributed by atoms with E-state index in [1.165, 1.54) is 0 Å². The van der Waals surface area contributed by atoms with Gasteiger partial charge in [-0.05, 0) is 23.6 Å². The number of aryl methyl sites for hydroxylation is 1. The van der Waals surface area contributed by atoms with Gasteiger partial charge in [-0.15, -0.1) is 6.42 Å². The van der Waals surface area contributed by atoms with E-state index in [2.05, 4.69) is 26.3 Å². The van der Waals surface area contributed by atoms with Crippen molar-refractivity contribution in [1.29, 1.82) is 0 Å². The molecule has 6 heteroatoms. The van der Waals surface area contributed by atoms with Gasteiger partial charge in [0.05, 0.1) is 18.7 Å². The Hall–Kier alpha value is -3.07. The Morgan fingerprint density at radius 3 is 2.73 bits per heavy atom. The summed E-state index contributed by atoms with van der Waals surface area (Å²) in [7, 11) is 3.47. The summed E-state index contributed by atoms with van der Waals surface area (Å²) in [6.07, 6.45) is 7.19. The smallest absolute Gasteiger partial charge is 0.226 e. The van der Waals surface area contributed by atoms with Crippen molar-refractivity contribution in [3.63, 3.8) is 0 Å². The highest BCUT2D eigenvalue weighted by atomic mass is 16.5. The van der Waals surface area contributed by atoms with Gasteiger partial charge in [0.15, 0.2) is 5.65 Å². The molecule has 0 aliphatic rings. The van der Waals surface area contributed by atoms with E-state index in [0.717, 1.165) is 16.7 Å². The fraction of sp³-hybridized carbons (Fsp3) is 0.188. The first-order chi connectivity index (χ1) is 10.7. The van der Waals surface area contributed by atoms with Crippen LogP contribution in [-0.4, -0.2) is 26.9 Å². The van der Waals surface area contributed by atoms with E-state index in [1.54, 1.807) is 18.0 Å². The van der Waals surface area contributed by atoms with E-state index in [4.69, 9.17) is 11.2 Å². The third-order valence-electron chi connectivity index (χ3n) is 3.34. The van der Waals surface area contributed by atoms with Gasteiger partial charge in [0.1, 0.15) is 11.4 Å². The normalized spacial score (nSPS) is 10.4. The highest BCUT2D eigenvalue weighted by molar-refractivity contribution is 5.81. The number of methoxy groups -OCH3 is 1. The zero-order chi connectivity index (χ0) is 15.5. The van der Waals surface area contributed by atoms with Crippen LogP contribution in [0.1, 0.15) is 11.3 Å². The van der Waals surface area contributed by atoms with Crippen molar-refractivity contribution in [1.82, 2.24) is 19.7 Å². The number of benzene rings is 1. The summed E-state index contributed by atoms with van der Waals surface area (Å²) in [5.41, 5.74) is 2.34. The zero-order valence-electron chi connectivity index (χ0n) is 12.4. The van der Waals surface area contributed by atoms with E-state index in [-0.39, 0.29) is 0 Å². The van der Waals surface area contributed by atoms with Gasteiger partial charge in [0.2, 0.25) is 5.95 Å². The number of fused-ring (bicyclic) bond motifs is 1. The summed E-state index contributed by atoms with van der Waals surface area (Å²) in [6.45, 7) is 0.595. The van der Waals surface area contributed by atoms with Crippen LogP contribution in [-0.2, 0) is 13.6 Å². The van der Waals surface area contributed by atoms with Crippen LogP contribution in [0.25, 0.3) is 11.0 Å². The average Bonchev–Trinajstić information content (AvgIpc) is 2.94. The third-order valence-corrected chi connectivity index (χ3v) is 3.34. The molecule has 0 bridgehead atoms. The minimum atomic E-state index is 0.486. The van der Waals surface area contributed by atoms with E-state index in [1.807, 2.05) is 31.3 Å². The number of aromatic nitrogens is 4. The van der Waals surface area contributed by atoms with E-state index >= 15 is 0 Å². The minimum Gasteiger partial charge on any atom is -0.497 e. The molecule has 2 aromatic heterocycles. The molecule has 0 fully saturated rings. The number of anilines is 1. The largest absolute Gasteiger partial charge is 0.497 e. The Balaban J connectivity index is 1.84. The van der Waals surface area contributed by atoms with Gasteiger partial charge in [-0.3, -0.25) is 4.68 Å². The lowest BCUT2D eigenvalue weighted by Gasteiger charge is -2.07. The maximum atomic E-state index is 5.51. The van der Waals surface area contributed by atoms with E-state index in [0.29, 0.717) is 23.8 Å². The standard InChI is InChI=1S/C16H15N5O/c1-4-14-13-10-18-21(2)15(13)20-16(19-14)17-9-11-5-7-12(22-3)8-6-11/h1,5-8,10H,9H2,2-3H3,(H,17,19,20). The molecule has 110 valence electrons. The van der Waals surface area contributed by atoms with Gasteiger partial charge in [-0.2, -0.15) is 10.1 Å². The molecule has 0 saturated carbocycles. The summed E-state index contributed by atoms with van der Waals surface area (Å²) in [5, 5.41) is 8.12. The van der Waals surface area contributed by atoms with Crippen LogP contribution in [0.3, 0.4) is 0 Å². The predicted octanol–water partition coefficient (Wildman–Crippen LogP) is 1.97. The highest BCUT2D eigenvalue weighted by Crippen LogP contribution is 2.17. The summed E-state index contributed by atoms with van der Waals surface area (Å²) in [4.78, 5) is 8.80. The van der Waals surface area contributed by atoms with Crippen molar-refractivity contribution in [2.45, 2.75) is 6.54 Å². The molecule has 22 heavy (non-hydrogen) atoms. The number of hydrogen-bond donors (Lipinski definition) is 1. The molecule has 3 aromatic rings. The Bertz CT molecular complexity index is 845. The molecule has 0 radical (unpaired) electrons. The maximum Gasteiger partial charge on any atom is 0.226 e. The molecule has 0 unspecified atom stereocenters. The molecule has 0 amide bonds. The molecule has 0 aliphatic heterocycles. The second kappa shape index (κ2) is 5.74. The fourth-order valence-electron chi connectivity index (χ4n) is 2.14. The van der Waals surface area contributed by atoms with Crippen LogP contribution in [0, 0.1) is 12.3 Å². The van der Waals surface area contributed by atoms with Crippen LogP contribution in [0.4, 0.5) is 5.95 Å². The first-order valence-corrected chi connectivity index (χ1v) is 6.74. The van der Waals surface area contributed by atoms with Crippen molar-refractivity contribution in [3.05, 3.63) is 41.7 Å². The third kappa shape index (κ3) is 2.56. The minimum absolute atomic E-state index is 0.486. The van der Waals surface area contributed by atoms with Gasteiger partial charge < -0.3 is 10.1 Å². The fourth-order valence-corrected chi connectivity index (χ4v) is 2.14. The van der Waals surface area contributed by atoms with Gasteiger partial charge in [-0.25, -0.2) is 4.98 Å². The van der Waals surface area contributed by atoms with Crippen molar-refractivity contribution < 1.29 is 4.74 Å². The number of ether oxygens (including phenoxy) is 1. The summed E-state index contributed by atoms with van der Waals surface area (Å²) < 4.78 is 6.81. The Kier molecular flexibility index (Phi) is 3.62. The van der Waals surface area contributed by atoms with Gasteiger partial charge in [0.25, 0.3) is 0 Å². The summed E-state index contributed by atoms with van der Waals surface area (Å²) in [5.74, 6) is 3.89. The molecule has 3 rings (SSSR count). The average molecular weight is 293 g/mol. The first-order valence-electron chi connectivity index (χ1n) is 6.74. The molecular weight excluding hydrogens is 278 g/mol. The second-order valence-corrected chi connectivity index (χ2v) is 4.75. The molecule has 0 atom stereocenters. The molecule has 1 N–H and O–H groups in total. The van der Waals surface area contributed by atoms with Crippen LogP contribution in [0.15, 0.2) is 30.5 Å². The lowest BCUT2D eigenvalue weighted by Crippen LogP contribution is -2.06. The predicted molar refractivity (Wildman–Crippen MR) is 84.6 cm³/mol. The topological polar surface area (TPSA) is 64.9 Å². The Morgan fingerprint density at radius 1 is 1.27 bits per heavy atom.